The molecule has 0 bridgehead atoms. The minimum Gasteiger partial charge on any atom is -0.296 e. The first-order valence-electron chi connectivity index (χ1n) is 5.76. The van der Waals surface area contributed by atoms with E-state index in [4.69, 9.17) is 0 Å². The first-order valence-corrected chi connectivity index (χ1v) is 5.76. The summed E-state index contributed by atoms with van der Waals surface area (Å²) >= 11 is 0. The van der Waals surface area contributed by atoms with Crippen molar-refractivity contribution >= 4 is 10.9 Å². The molecule has 0 aliphatic rings. The van der Waals surface area contributed by atoms with Gasteiger partial charge in [-0.2, -0.15) is 0 Å². The van der Waals surface area contributed by atoms with Crippen LogP contribution in [-0.4, -0.2) is 9.13 Å². The highest BCUT2D eigenvalue weighted by atomic mass is 16.2. The van der Waals surface area contributed by atoms with Gasteiger partial charge in [0.1, 0.15) is 0 Å². The molecule has 0 aliphatic carbocycles. The number of rotatable bonds is 2. The summed E-state index contributed by atoms with van der Waals surface area (Å²) in [5, 5.41) is 0.612. The summed E-state index contributed by atoms with van der Waals surface area (Å²) < 4.78 is 2.84. The molecule has 0 spiro atoms. The molecular weight excluding hydrogens is 216 g/mol. The molecule has 0 saturated heterocycles. The molecule has 90 valence electrons. The van der Waals surface area contributed by atoms with Crippen molar-refractivity contribution < 1.29 is 0 Å². The fourth-order valence-corrected chi connectivity index (χ4v) is 2.05. The smallest absolute Gasteiger partial charge is 0.296 e. The number of aromatic nitrogens is 2. The van der Waals surface area contributed by atoms with Gasteiger partial charge in [-0.25, -0.2) is 4.79 Å². The van der Waals surface area contributed by atoms with Gasteiger partial charge < -0.3 is 0 Å². The van der Waals surface area contributed by atoms with Gasteiger partial charge in [0.25, 0.3) is 5.56 Å². The second-order valence-electron chi connectivity index (χ2n) is 4.32. The molecule has 0 radical (unpaired) electrons. The van der Waals surface area contributed by atoms with Crippen LogP contribution in [0, 0.1) is 6.92 Å². The molecule has 0 unspecified atom stereocenters. The Bertz CT molecular complexity index is 680. The summed E-state index contributed by atoms with van der Waals surface area (Å²) in [6, 6.07) is 5.57. The Hall–Kier alpha value is -1.84. The highest BCUT2D eigenvalue weighted by Crippen LogP contribution is 2.09. The molecule has 1 heterocycles. The van der Waals surface area contributed by atoms with E-state index >= 15 is 0 Å². The number of nitrogens with zero attached hydrogens (tertiary/aromatic N) is 2. The molecule has 0 N–H and O–H groups in total. The lowest BCUT2D eigenvalue weighted by Crippen LogP contribution is -2.39. The SMILES string of the molecule is CCCn1c(=O)c2cc(C)ccc2n(C)c1=O. The first kappa shape index (κ1) is 11.6. The predicted molar refractivity (Wildman–Crippen MR) is 68.5 cm³/mol. The van der Waals surface area contributed by atoms with Crippen LogP contribution in [0.1, 0.15) is 18.9 Å². The number of hydrogen-bond acceptors (Lipinski definition) is 2. The molecule has 0 amide bonds. The van der Waals surface area contributed by atoms with E-state index in [1.54, 1.807) is 7.05 Å². The van der Waals surface area contributed by atoms with E-state index in [-0.39, 0.29) is 11.2 Å². The van der Waals surface area contributed by atoms with Crippen molar-refractivity contribution in [1.29, 1.82) is 0 Å². The average Bonchev–Trinajstić information content (AvgIpc) is 2.32. The molecule has 0 atom stereocenters. The second kappa shape index (κ2) is 4.20. The zero-order chi connectivity index (χ0) is 12.6. The van der Waals surface area contributed by atoms with E-state index in [0.29, 0.717) is 17.4 Å². The summed E-state index contributed by atoms with van der Waals surface area (Å²) in [5.74, 6) is 0. The minimum absolute atomic E-state index is 0.186. The van der Waals surface area contributed by atoms with Crippen LogP contribution >= 0.6 is 0 Å². The normalized spacial score (nSPS) is 11.0. The van der Waals surface area contributed by atoms with Crippen molar-refractivity contribution in [2.45, 2.75) is 26.8 Å². The molecule has 2 aromatic rings. The molecule has 1 aromatic carbocycles. The molecule has 0 aliphatic heterocycles. The van der Waals surface area contributed by atoms with E-state index < -0.39 is 0 Å². The Labute approximate surface area is 99.1 Å². The molecule has 0 fully saturated rings. The van der Waals surface area contributed by atoms with Crippen LogP contribution in [0.15, 0.2) is 27.8 Å². The molecule has 1 aromatic heterocycles. The standard InChI is InChI=1S/C13H16N2O2/c1-4-7-15-12(16)10-8-9(2)5-6-11(10)14(3)13(15)17/h5-6,8H,4,7H2,1-3H3. The molecule has 2 rings (SSSR count). The lowest BCUT2D eigenvalue weighted by molar-refractivity contribution is 0.594. The van der Waals surface area contributed by atoms with E-state index in [2.05, 4.69) is 0 Å². The Morgan fingerprint density at radius 2 is 1.94 bits per heavy atom. The van der Waals surface area contributed by atoms with Crippen molar-refractivity contribution in [3.63, 3.8) is 0 Å². The van der Waals surface area contributed by atoms with Gasteiger partial charge in [-0.15, -0.1) is 0 Å². The number of aryl methyl sites for hydroxylation is 2. The largest absolute Gasteiger partial charge is 0.331 e. The third kappa shape index (κ3) is 1.79. The van der Waals surface area contributed by atoms with Gasteiger partial charge in [-0.05, 0) is 25.5 Å². The third-order valence-corrected chi connectivity index (χ3v) is 2.95. The molecular formula is C13H16N2O2. The highest BCUT2D eigenvalue weighted by Gasteiger charge is 2.09. The molecule has 17 heavy (non-hydrogen) atoms. The summed E-state index contributed by atoms with van der Waals surface area (Å²) in [6.07, 6.45) is 0.770. The third-order valence-electron chi connectivity index (χ3n) is 2.95. The fourth-order valence-electron chi connectivity index (χ4n) is 2.05. The van der Waals surface area contributed by atoms with Crippen molar-refractivity contribution in [1.82, 2.24) is 9.13 Å². The minimum atomic E-state index is -0.242. The maximum Gasteiger partial charge on any atom is 0.331 e. The summed E-state index contributed by atoms with van der Waals surface area (Å²) in [7, 11) is 1.70. The van der Waals surface area contributed by atoms with Crippen molar-refractivity contribution in [2.24, 2.45) is 7.05 Å². The first-order chi connectivity index (χ1) is 8.06. The number of benzene rings is 1. The lowest BCUT2D eigenvalue weighted by atomic mass is 10.1. The van der Waals surface area contributed by atoms with Crippen molar-refractivity contribution in [2.75, 3.05) is 0 Å². The predicted octanol–water partition coefficient (Wildman–Crippen LogP) is 1.42. The summed E-state index contributed by atoms with van der Waals surface area (Å²) in [4.78, 5) is 24.2. The van der Waals surface area contributed by atoms with Crippen LogP contribution in [0.4, 0.5) is 0 Å². The van der Waals surface area contributed by atoms with Crippen LogP contribution in [-0.2, 0) is 13.6 Å². The van der Waals surface area contributed by atoms with Gasteiger partial charge in [-0.1, -0.05) is 18.6 Å². The Morgan fingerprint density at radius 3 is 2.59 bits per heavy atom. The fraction of sp³-hybridized carbons (Fsp3) is 0.385. The van der Waals surface area contributed by atoms with Crippen LogP contribution in [0.5, 0.6) is 0 Å². The van der Waals surface area contributed by atoms with Gasteiger partial charge >= 0.3 is 5.69 Å². The quantitative estimate of drug-likeness (QED) is 0.786. The van der Waals surface area contributed by atoms with Gasteiger partial charge in [0, 0.05) is 13.6 Å². The summed E-state index contributed by atoms with van der Waals surface area (Å²) in [5.41, 5.74) is 1.29. The van der Waals surface area contributed by atoms with E-state index in [9.17, 15) is 9.59 Å². The second-order valence-corrected chi connectivity index (χ2v) is 4.32. The van der Waals surface area contributed by atoms with E-state index in [0.717, 1.165) is 12.0 Å². The molecule has 4 nitrogen and oxygen atoms in total. The van der Waals surface area contributed by atoms with Crippen LogP contribution in [0.25, 0.3) is 10.9 Å². The zero-order valence-corrected chi connectivity index (χ0v) is 10.4. The molecule has 0 saturated carbocycles. The monoisotopic (exact) mass is 232 g/mol. The number of hydrogen-bond donors (Lipinski definition) is 0. The topological polar surface area (TPSA) is 44.0 Å². The zero-order valence-electron chi connectivity index (χ0n) is 10.4. The van der Waals surface area contributed by atoms with Gasteiger partial charge in [0.05, 0.1) is 10.9 Å². The van der Waals surface area contributed by atoms with Crippen LogP contribution in [0.2, 0.25) is 0 Å². The average molecular weight is 232 g/mol. The highest BCUT2D eigenvalue weighted by molar-refractivity contribution is 5.78. The Morgan fingerprint density at radius 1 is 1.24 bits per heavy atom. The van der Waals surface area contributed by atoms with Crippen LogP contribution in [0.3, 0.4) is 0 Å². The maximum atomic E-state index is 12.2. The van der Waals surface area contributed by atoms with Crippen molar-refractivity contribution in [3.8, 4) is 0 Å². The van der Waals surface area contributed by atoms with Crippen molar-refractivity contribution in [3.05, 3.63) is 44.6 Å². The lowest BCUT2D eigenvalue weighted by Gasteiger charge is -2.10. The van der Waals surface area contributed by atoms with E-state index in [1.807, 2.05) is 32.0 Å². The Kier molecular flexibility index (Phi) is 2.88. The maximum absolute atomic E-state index is 12.2. The van der Waals surface area contributed by atoms with Gasteiger partial charge in [-0.3, -0.25) is 13.9 Å². The van der Waals surface area contributed by atoms with Gasteiger partial charge in [0.15, 0.2) is 0 Å². The molecule has 4 heteroatoms. The van der Waals surface area contributed by atoms with E-state index in [1.165, 1.54) is 9.13 Å². The summed E-state index contributed by atoms with van der Waals surface area (Å²) in [6.45, 7) is 4.36. The van der Waals surface area contributed by atoms with Crippen LogP contribution < -0.4 is 11.2 Å². The number of fused-ring (bicyclic) bond motifs is 1. The Balaban J connectivity index is 2.96. The van der Waals surface area contributed by atoms with Gasteiger partial charge in [0.2, 0.25) is 0 Å².